The van der Waals surface area contributed by atoms with Gasteiger partial charge >= 0.3 is 0 Å². The maximum absolute atomic E-state index is 12.6. The van der Waals surface area contributed by atoms with Gasteiger partial charge in [0.2, 0.25) is 10.0 Å². The molecule has 2 heterocycles. The summed E-state index contributed by atoms with van der Waals surface area (Å²) in [6.07, 6.45) is 0. The van der Waals surface area contributed by atoms with Crippen molar-refractivity contribution in [2.45, 2.75) is 4.90 Å². The lowest BCUT2D eigenvalue weighted by molar-refractivity contribution is 0.521. The minimum atomic E-state index is -3.56. The smallest absolute Gasteiger partial charge is 0.242 e. The molecule has 166 valence electrons. The first-order valence-corrected chi connectivity index (χ1v) is 12.3. The Morgan fingerprint density at radius 3 is 2.36 bits per heavy atom. The molecule has 1 N–H and O–H groups in total. The summed E-state index contributed by atoms with van der Waals surface area (Å²) < 4.78 is 29.0. The lowest BCUT2D eigenvalue weighted by Crippen LogP contribution is -2.22. The van der Waals surface area contributed by atoms with Gasteiger partial charge in [0, 0.05) is 40.6 Å². The highest BCUT2D eigenvalue weighted by atomic mass is 79.9. The zero-order valence-corrected chi connectivity index (χ0v) is 20.2. The highest BCUT2D eigenvalue weighted by Crippen LogP contribution is 2.30. The van der Waals surface area contributed by atoms with Gasteiger partial charge in [0.15, 0.2) is 17.3 Å². The van der Waals surface area contributed by atoms with Crippen molar-refractivity contribution in [2.75, 3.05) is 19.4 Å². The summed E-state index contributed by atoms with van der Waals surface area (Å²) in [7, 11) is -0.546. The molecule has 0 aliphatic rings. The predicted molar refractivity (Wildman–Crippen MR) is 132 cm³/mol. The number of aromatic nitrogens is 4. The van der Waals surface area contributed by atoms with Gasteiger partial charge in [-0.2, -0.15) is 4.52 Å². The Morgan fingerprint density at radius 2 is 1.64 bits per heavy atom. The molecule has 0 unspecified atom stereocenters. The van der Waals surface area contributed by atoms with Crippen molar-refractivity contribution in [1.29, 1.82) is 0 Å². The molecule has 5 aromatic rings. The van der Waals surface area contributed by atoms with Gasteiger partial charge in [-0.1, -0.05) is 58.4 Å². The van der Waals surface area contributed by atoms with Crippen LogP contribution >= 0.6 is 15.9 Å². The highest BCUT2D eigenvalue weighted by molar-refractivity contribution is 9.10. The Kier molecular flexibility index (Phi) is 5.35. The van der Waals surface area contributed by atoms with E-state index in [4.69, 9.17) is 5.10 Å². The van der Waals surface area contributed by atoms with Crippen LogP contribution in [-0.2, 0) is 10.0 Å². The van der Waals surface area contributed by atoms with Crippen LogP contribution in [0.25, 0.3) is 27.8 Å². The third-order valence-corrected chi connectivity index (χ3v) is 7.58. The van der Waals surface area contributed by atoms with Crippen LogP contribution in [0.1, 0.15) is 0 Å². The van der Waals surface area contributed by atoms with Crippen LogP contribution in [-0.4, -0.2) is 46.6 Å². The van der Waals surface area contributed by atoms with Crippen molar-refractivity contribution >= 4 is 53.9 Å². The van der Waals surface area contributed by atoms with Crippen molar-refractivity contribution < 1.29 is 8.42 Å². The second-order valence-electron chi connectivity index (χ2n) is 7.60. The number of fused-ring (bicyclic) bond motifs is 3. The minimum absolute atomic E-state index is 0.197. The van der Waals surface area contributed by atoms with E-state index < -0.39 is 10.0 Å². The van der Waals surface area contributed by atoms with Crippen molar-refractivity contribution in [3.8, 4) is 11.4 Å². The molecule has 0 saturated carbocycles. The molecule has 0 bridgehead atoms. The molecule has 8 nitrogen and oxygen atoms in total. The van der Waals surface area contributed by atoms with Gasteiger partial charge in [0.1, 0.15) is 0 Å². The molecule has 3 aromatic carbocycles. The molecule has 0 aliphatic carbocycles. The molecule has 0 atom stereocenters. The van der Waals surface area contributed by atoms with Crippen LogP contribution in [0.3, 0.4) is 0 Å². The van der Waals surface area contributed by atoms with E-state index in [1.54, 1.807) is 28.8 Å². The van der Waals surface area contributed by atoms with Crippen molar-refractivity contribution in [3.05, 3.63) is 77.3 Å². The minimum Gasteiger partial charge on any atom is -0.338 e. The van der Waals surface area contributed by atoms with Gasteiger partial charge in [0.05, 0.1) is 4.90 Å². The third kappa shape index (κ3) is 3.86. The first-order chi connectivity index (χ1) is 15.8. The first-order valence-electron chi connectivity index (χ1n) is 10.0. The van der Waals surface area contributed by atoms with E-state index in [0.29, 0.717) is 23.0 Å². The van der Waals surface area contributed by atoms with E-state index in [-0.39, 0.29) is 4.90 Å². The van der Waals surface area contributed by atoms with Gasteiger partial charge in [-0.15, -0.1) is 15.3 Å². The quantitative estimate of drug-likeness (QED) is 0.359. The van der Waals surface area contributed by atoms with Crippen LogP contribution in [0.15, 0.2) is 82.2 Å². The molecular weight excluding hydrogens is 504 g/mol. The Balaban J connectivity index is 1.67. The monoisotopic (exact) mass is 522 g/mol. The van der Waals surface area contributed by atoms with E-state index >= 15 is 0 Å². The maximum Gasteiger partial charge on any atom is 0.242 e. The lowest BCUT2D eigenvalue weighted by atomic mass is 10.1. The maximum atomic E-state index is 12.6. The van der Waals surface area contributed by atoms with Crippen LogP contribution in [0, 0.1) is 0 Å². The predicted octanol–water partition coefficient (Wildman–Crippen LogP) is 4.70. The average Bonchev–Trinajstić information content (AvgIpc) is 3.24. The second-order valence-corrected chi connectivity index (χ2v) is 10.7. The second kappa shape index (κ2) is 8.22. The summed E-state index contributed by atoms with van der Waals surface area (Å²) in [6, 6.07) is 22.2. The van der Waals surface area contributed by atoms with Gasteiger partial charge in [-0.05, 0) is 30.3 Å². The Labute approximate surface area is 199 Å². The molecule has 2 aromatic heterocycles. The number of anilines is 2. The molecule has 0 aliphatic heterocycles. The molecule has 0 fully saturated rings. The fourth-order valence-electron chi connectivity index (χ4n) is 3.53. The van der Waals surface area contributed by atoms with Crippen LogP contribution in [0.2, 0.25) is 0 Å². The van der Waals surface area contributed by atoms with E-state index in [2.05, 4.69) is 31.4 Å². The first kappa shape index (κ1) is 21.5. The lowest BCUT2D eigenvalue weighted by Gasteiger charge is -2.14. The molecule has 5 rings (SSSR count). The van der Waals surface area contributed by atoms with Crippen molar-refractivity contribution in [1.82, 2.24) is 24.1 Å². The Bertz CT molecular complexity index is 1600. The van der Waals surface area contributed by atoms with Crippen molar-refractivity contribution in [3.63, 3.8) is 0 Å². The molecule has 33 heavy (non-hydrogen) atoms. The topological polar surface area (TPSA) is 92.5 Å². The number of nitrogens with zero attached hydrogens (tertiary/aromatic N) is 5. The molecule has 0 spiro atoms. The highest BCUT2D eigenvalue weighted by Gasteiger charge is 2.19. The van der Waals surface area contributed by atoms with E-state index in [1.807, 2.05) is 48.5 Å². The van der Waals surface area contributed by atoms with Gasteiger partial charge < -0.3 is 5.32 Å². The summed E-state index contributed by atoms with van der Waals surface area (Å²) in [5, 5.41) is 18.6. The largest absolute Gasteiger partial charge is 0.338 e. The molecule has 0 saturated heterocycles. The Hall–Kier alpha value is -3.34. The van der Waals surface area contributed by atoms with Gasteiger partial charge in [-0.25, -0.2) is 12.7 Å². The standard InChI is InChI=1S/C23H19BrN6O2S/c1-29(2)33(31,32)18-7-5-6-17(14-18)25-21-19-8-3-4-9-20(19)23-27-26-22(30(23)28-21)15-10-12-16(24)13-11-15/h3-14H,1-2H3,(H,25,28). The van der Waals surface area contributed by atoms with Gasteiger partial charge in [-0.3, -0.25) is 0 Å². The molecule has 0 radical (unpaired) electrons. The van der Waals surface area contributed by atoms with Crippen LogP contribution in [0.5, 0.6) is 0 Å². The summed E-state index contributed by atoms with van der Waals surface area (Å²) in [5.41, 5.74) is 2.12. The SMILES string of the molecule is CN(C)S(=O)(=O)c1cccc(Nc2nn3c(-c4ccc(Br)cc4)nnc3c3ccccc23)c1. The molecule has 0 amide bonds. The number of rotatable bonds is 5. The Morgan fingerprint density at radius 1 is 0.909 bits per heavy atom. The summed E-state index contributed by atoms with van der Waals surface area (Å²) in [4.78, 5) is 0.197. The zero-order chi connectivity index (χ0) is 23.2. The zero-order valence-electron chi connectivity index (χ0n) is 17.8. The fourth-order valence-corrected chi connectivity index (χ4v) is 4.75. The van der Waals surface area contributed by atoms with E-state index in [1.165, 1.54) is 18.4 Å². The van der Waals surface area contributed by atoms with Crippen molar-refractivity contribution in [2.24, 2.45) is 0 Å². The summed E-state index contributed by atoms with van der Waals surface area (Å²) in [6.45, 7) is 0. The number of benzene rings is 3. The van der Waals surface area contributed by atoms with E-state index in [9.17, 15) is 8.42 Å². The third-order valence-electron chi connectivity index (χ3n) is 5.24. The average molecular weight is 523 g/mol. The summed E-state index contributed by atoms with van der Waals surface area (Å²) in [5.74, 6) is 1.17. The summed E-state index contributed by atoms with van der Waals surface area (Å²) >= 11 is 3.45. The van der Waals surface area contributed by atoms with Crippen LogP contribution < -0.4 is 5.32 Å². The number of hydrogen-bond donors (Lipinski definition) is 1. The number of sulfonamides is 1. The molecule has 10 heteroatoms. The van der Waals surface area contributed by atoms with E-state index in [0.717, 1.165) is 20.8 Å². The number of halogens is 1. The number of nitrogens with one attached hydrogen (secondary N) is 1. The number of hydrogen-bond acceptors (Lipinski definition) is 6. The van der Waals surface area contributed by atoms with Crippen LogP contribution in [0.4, 0.5) is 11.5 Å². The molecular formula is C23H19BrN6O2S. The fraction of sp³-hybridized carbons (Fsp3) is 0.0870. The normalized spacial score (nSPS) is 12.0. The van der Waals surface area contributed by atoms with Gasteiger partial charge in [0.25, 0.3) is 0 Å².